The summed E-state index contributed by atoms with van der Waals surface area (Å²) in [5.41, 5.74) is 8.77. The lowest BCUT2D eigenvalue weighted by molar-refractivity contribution is 0.515. The molecule has 96 valence electrons. The van der Waals surface area contributed by atoms with E-state index in [0.717, 1.165) is 23.4 Å². The van der Waals surface area contributed by atoms with E-state index in [0.29, 0.717) is 5.84 Å². The fourth-order valence-corrected chi connectivity index (χ4v) is 2.06. The lowest BCUT2D eigenvalue weighted by Gasteiger charge is -2.21. The molecular formula is C14H15N5. The smallest absolute Gasteiger partial charge is 0.123 e. The molecule has 2 N–H and O–H groups in total. The Kier molecular flexibility index (Phi) is 2.87. The molecule has 0 saturated heterocycles. The van der Waals surface area contributed by atoms with Crippen LogP contribution in [-0.4, -0.2) is 21.5 Å². The second-order valence-corrected chi connectivity index (χ2v) is 4.61. The minimum atomic E-state index is 0.238. The van der Waals surface area contributed by atoms with E-state index in [-0.39, 0.29) is 5.92 Å². The number of aromatic nitrogens is 1. The van der Waals surface area contributed by atoms with Gasteiger partial charge in [-0.1, -0.05) is 13.0 Å². The number of allylic oxidation sites excluding steroid dienone is 2. The molecule has 0 amide bonds. The van der Waals surface area contributed by atoms with Crippen molar-refractivity contribution in [3.05, 3.63) is 54.3 Å². The van der Waals surface area contributed by atoms with Gasteiger partial charge in [0, 0.05) is 36.3 Å². The summed E-state index contributed by atoms with van der Waals surface area (Å²) >= 11 is 0. The minimum absolute atomic E-state index is 0.238. The molecule has 0 radical (unpaired) electrons. The van der Waals surface area contributed by atoms with E-state index in [1.54, 1.807) is 23.6 Å². The molecule has 2 aliphatic rings. The second kappa shape index (κ2) is 4.68. The van der Waals surface area contributed by atoms with Gasteiger partial charge in [0.15, 0.2) is 0 Å². The Morgan fingerprint density at radius 3 is 3.11 bits per heavy atom. The molecule has 3 heterocycles. The molecule has 1 atom stereocenters. The zero-order valence-corrected chi connectivity index (χ0v) is 10.7. The van der Waals surface area contributed by atoms with Gasteiger partial charge in [0.05, 0.1) is 11.4 Å². The van der Waals surface area contributed by atoms with E-state index in [2.05, 4.69) is 28.1 Å². The van der Waals surface area contributed by atoms with Gasteiger partial charge < -0.3 is 5.73 Å². The Morgan fingerprint density at radius 1 is 1.42 bits per heavy atom. The maximum atomic E-state index is 5.96. The molecule has 1 aromatic rings. The number of fused-ring (bicyclic) bond motifs is 1. The average Bonchev–Trinajstić information content (AvgIpc) is 2.59. The van der Waals surface area contributed by atoms with Crippen LogP contribution in [0.5, 0.6) is 0 Å². The Bertz CT molecular complexity index is 598. The summed E-state index contributed by atoms with van der Waals surface area (Å²) in [6.45, 7) is 2.07. The Hall–Kier alpha value is -2.43. The van der Waals surface area contributed by atoms with Gasteiger partial charge in [0.1, 0.15) is 5.84 Å². The predicted molar refractivity (Wildman–Crippen MR) is 75.2 cm³/mol. The monoisotopic (exact) mass is 253 g/mol. The summed E-state index contributed by atoms with van der Waals surface area (Å²) in [5.74, 6) is 0.880. The summed E-state index contributed by atoms with van der Waals surface area (Å²) in [6.07, 6.45) is 10.1. The van der Waals surface area contributed by atoms with Gasteiger partial charge in [-0.2, -0.15) is 5.10 Å². The topological polar surface area (TPSA) is 66.9 Å². The standard InChI is InChI=1S/C14H15N5/c1-10-4-5-12-13(11-3-2-6-16-9-11)17-7-8-19(12)18-14(10)15/h2-3,5-10H,4H2,1H3,(H2,15,18). The zero-order chi connectivity index (χ0) is 13.2. The lowest BCUT2D eigenvalue weighted by Crippen LogP contribution is -2.25. The number of nitrogens with zero attached hydrogens (tertiary/aromatic N) is 4. The molecule has 0 fully saturated rings. The van der Waals surface area contributed by atoms with Crippen molar-refractivity contribution in [3.8, 4) is 0 Å². The van der Waals surface area contributed by atoms with Crippen LogP contribution in [0.25, 0.3) is 0 Å². The minimum Gasteiger partial charge on any atom is -0.385 e. The van der Waals surface area contributed by atoms with Crippen molar-refractivity contribution in [3.63, 3.8) is 0 Å². The lowest BCUT2D eigenvalue weighted by atomic mass is 10.0. The first kappa shape index (κ1) is 11.6. The molecule has 0 bridgehead atoms. The SMILES string of the molecule is CC1CC=C2C(c3cccnc3)=NC=CN2N=C1N. The molecule has 1 aromatic heterocycles. The number of amidine groups is 1. The second-order valence-electron chi connectivity index (χ2n) is 4.61. The molecule has 2 aliphatic heterocycles. The highest BCUT2D eigenvalue weighted by molar-refractivity contribution is 6.13. The van der Waals surface area contributed by atoms with E-state index in [9.17, 15) is 0 Å². The molecule has 0 spiro atoms. The van der Waals surface area contributed by atoms with Crippen molar-refractivity contribution in [1.82, 2.24) is 9.99 Å². The molecule has 19 heavy (non-hydrogen) atoms. The summed E-state index contributed by atoms with van der Waals surface area (Å²) in [5, 5.41) is 6.21. The highest BCUT2D eigenvalue weighted by atomic mass is 15.5. The third kappa shape index (κ3) is 2.14. The summed E-state index contributed by atoms with van der Waals surface area (Å²) in [7, 11) is 0. The molecule has 3 rings (SSSR count). The zero-order valence-electron chi connectivity index (χ0n) is 10.7. The Morgan fingerprint density at radius 2 is 2.32 bits per heavy atom. The molecule has 0 saturated carbocycles. The van der Waals surface area contributed by atoms with Gasteiger partial charge in [-0.25, -0.2) is 5.01 Å². The maximum absolute atomic E-state index is 5.96. The largest absolute Gasteiger partial charge is 0.385 e. The van der Waals surface area contributed by atoms with Crippen molar-refractivity contribution in [2.24, 2.45) is 21.7 Å². The number of rotatable bonds is 1. The fraction of sp³-hybridized carbons (Fsp3) is 0.214. The number of hydrazone groups is 1. The number of aliphatic imine (C=N–C) groups is 1. The Labute approximate surface area is 111 Å². The van der Waals surface area contributed by atoms with Crippen molar-refractivity contribution in [1.29, 1.82) is 0 Å². The molecular weight excluding hydrogens is 238 g/mol. The fourth-order valence-electron chi connectivity index (χ4n) is 2.06. The first-order valence-corrected chi connectivity index (χ1v) is 6.24. The van der Waals surface area contributed by atoms with Crippen LogP contribution in [0.3, 0.4) is 0 Å². The van der Waals surface area contributed by atoms with Crippen LogP contribution in [0.1, 0.15) is 18.9 Å². The van der Waals surface area contributed by atoms with E-state index in [1.165, 1.54) is 0 Å². The van der Waals surface area contributed by atoms with Gasteiger partial charge in [-0.15, -0.1) is 0 Å². The third-order valence-electron chi connectivity index (χ3n) is 3.23. The first-order chi connectivity index (χ1) is 9.25. The van der Waals surface area contributed by atoms with Crippen LogP contribution in [-0.2, 0) is 0 Å². The molecule has 5 heteroatoms. The highest BCUT2D eigenvalue weighted by Crippen LogP contribution is 2.23. The van der Waals surface area contributed by atoms with Crippen LogP contribution in [0, 0.1) is 5.92 Å². The van der Waals surface area contributed by atoms with Gasteiger partial charge >= 0.3 is 0 Å². The maximum Gasteiger partial charge on any atom is 0.123 e. The van der Waals surface area contributed by atoms with Crippen molar-refractivity contribution in [2.75, 3.05) is 0 Å². The van der Waals surface area contributed by atoms with Crippen molar-refractivity contribution >= 4 is 11.5 Å². The van der Waals surface area contributed by atoms with E-state index >= 15 is 0 Å². The van der Waals surface area contributed by atoms with Gasteiger partial charge in [0.25, 0.3) is 0 Å². The third-order valence-corrected chi connectivity index (χ3v) is 3.23. The van der Waals surface area contributed by atoms with Gasteiger partial charge in [-0.3, -0.25) is 9.98 Å². The summed E-state index contributed by atoms with van der Waals surface area (Å²) in [4.78, 5) is 8.59. The first-order valence-electron chi connectivity index (χ1n) is 6.24. The Balaban J connectivity index is 2.04. The number of hydrogen-bond acceptors (Lipinski definition) is 5. The van der Waals surface area contributed by atoms with Gasteiger partial charge in [0.2, 0.25) is 0 Å². The summed E-state index contributed by atoms with van der Waals surface area (Å²) < 4.78 is 0. The molecule has 1 unspecified atom stereocenters. The number of nitrogens with two attached hydrogens (primary N) is 1. The highest BCUT2D eigenvalue weighted by Gasteiger charge is 2.22. The molecule has 0 aliphatic carbocycles. The van der Waals surface area contributed by atoms with Crippen LogP contribution < -0.4 is 5.73 Å². The molecule has 0 aromatic carbocycles. The number of hydrogen-bond donors (Lipinski definition) is 1. The quantitative estimate of drug-likeness (QED) is 0.830. The van der Waals surface area contributed by atoms with Crippen molar-refractivity contribution in [2.45, 2.75) is 13.3 Å². The van der Waals surface area contributed by atoms with Crippen LogP contribution >= 0.6 is 0 Å². The van der Waals surface area contributed by atoms with Crippen LogP contribution in [0.15, 0.2) is 58.8 Å². The van der Waals surface area contributed by atoms with E-state index in [1.807, 2.05) is 18.3 Å². The van der Waals surface area contributed by atoms with Crippen LogP contribution in [0.2, 0.25) is 0 Å². The van der Waals surface area contributed by atoms with Crippen LogP contribution in [0.4, 0.5) is 0 Å². The predicted octanol–water partition coefficient (Wildman–Crippen LogP) is 1.85. The van der Waals surface area contributed by atoms with Crippen molar-refractivity contribution < 1.29 is 0 Å². The average molecular weight is 253 g/mol. The van der Waals surface area contributed by atoms with E-state index in [4.69, 9.17) is 5.73 Å². The van der Waals surface area contributed by atoms with Gasteiger partial charge in [-0.05, 0) is 18.6 Å². The molecule has 5 nitrogen and oxygen atoms in total. The normalized spacial score (nSPS) is 22.1. The van der Waals surface area contributed by atoms with E-state index < -0.39 is 0 Å². The number of pyridine rings is 1. The summed E-state index contributed by atoms with van der Waals surface area (Å²) in [6, 6.07) is 3.89.